The molecule has 2 aromatic carbocycles. The van der Waals surface area contributed by atoms with Gasteiger partial charge >= 0.3 is 5.97 Å². The number of anilines is 1. The zero-order valence-corrected chi connectivity index (χ0v) is 18.2. The van der Waals surface area contributed by atoms with Crippen molar-refractivity contribution >= 4 is 48.1 Å². The van der Waals surface area contributed by atoms with E-state index in [0.29, 0.717) is 10.6 Å². The fourth-order valence-electron chi connectivity index (χ4n) is 3.08. The molecule has 8 heteroatoms. The molecule has 0 bridgehead atoms. The standard InChI is InChI=1S/C22H23NO5S2/c1-2-28-22(25)20-17-11-6-7-12-18(17)29-21(20)23-19(24)13-8-14-30(26,27)15-16-9-4-3-5-10-16/h3-7,9-12H,2,8,13-15H2,1H3,(H,23,24). The highest BCUT2D eigenvalue weighted by molar-refractivity contribution is 7.90. The van der Waals surface area contributed by atoms with Crippen molar-refractivity contribution in [1.82, 2.24) is 0 Å². The molecule has 0 saturated carbocycles. The van der Waals surface area contributed by atoms with Crippen LogP contribution in [0.25, 0.3) is 10.1 Å². The molecule has 3 rings (SSSR count). The number of nitrogens with one attached hydrogen (secondary N) is 1. The number of esters is 1. The summed E-state index contributed by atoms with van der Waals surface area (Å²) >= 11 is 1.30. The first-order valence-electron chi connectivity index (χ1n) is 9.62. The van der Waals surface area contributed by atoms with Crippen LogP contribution in [0.5, 0.6) is 0 Å². The zero-order valence-electron chi connectivity index (χ0n) is 16.6. The van der Waals surface area contributed by atoms with Gasteiger partial charge in [-0.15, -0.1) is 11.3 Å². The lowest BCUT2D eigenvalue weighted by atomic mass is 10.1. The summed E-state index contributed by atoms with van der Waals surface area (Å²) in [5, 5.41) is 3.91. The summed E-state index contributed by atoms with van der Waals surface area (Å²) in [5.41, 5.74) is 1.06. The molecule has 3 aromatic rings. The van der Waals surface area contributed by atoms with Crippen LogP contribution in [0.1, 0.15) is 35.7 Å². The van der Waals surface area contributed by atoms with Crippen LogP contribution < -0.4 is 5.32 Å². The van der Waals surface area contributed by atoms with Gasteiger partial charge < -0.3 is 10.1 Å². The highest BCUT2D eigenvalue weighted by atomic mass is 32.2. The summed E-state index contributed by atoms with van der Waals surface area (Å²) in [7, 11) is -3.30. The number of rotatable bonds is 9. The highest BCUT2D eigenvalue weighted by Gasteiger charge is 2.21. The highest BCUT2D eigenvalue weighted by Crippen LogP contribution is 2.36. The third-order valence-corrected chi connectivity index (χ3v) is 7.19. The molecule has 0 aliphatic heterocycles. The van der Waals surface area contributed by atoms with Crippen molar-refractivity contribution in [2.24, 2.45) is 0 Å². The van der Waals surface area contributed by atoms with Crippen molar-refractivity contribution in [2.75, 3.05) is 17.7 Å². The third kappa shape index (κ3) is 5.67. The minimum atomic E-state index is -3.30. The first-order valence-corrected chi connectivity index (χ1v) is 12.3. The number of ether oxygens (including phenoxy) is 1. The molecule has 0 fully saturated rings. The molecule has 0 atom stereocenters. The summed E-state index contributed by atoms with van der Waals surface area (Å²) in [6.45, 7) is 1.95. The molecule has 1 amide bonds. The van der Waals surface area contributed by atoms with E-state index in [4.69, 9.17) is 4.74 Å². The van der Waals surface area contributed by atoms with Gasteiger partial charge in [0.2, 0.25) is 5.91 Å². The average Bonchev–Trinajstić information content (AvgIpc) is 3.06. The van der Waals surface area contributed by atoms with Crippen LogP contribution >= 0.6 is 11.3 Å². The number of benzene rings is 2. The normalized spacial score (nSPS) is 11.4. The van der Waals surface area contributed by atoms with E-state index in [1.54, 1.807) is 31.2 Å². The van der Waals surface area contributed by atoms with Crippen molar-refractivity contribution in [2.45, 2.75) is 25.5 Å². The SMILES string of the molecule is CCOC(=O)c1c(NC(=O)CCCS(=O)(=O)Cc2ccccc2)sc2ccccc12. The fourth-order valence-corrected chi connectivity index (χ4v) is 5.62. The molecule has 0 aliphatic carbocycles. The maximum atomic E-state index is 12.4. The molecule has 1 heterocycles. The van der Waals surface area contributed by atoms with Crippen molar-refractivity contribution in [1.29, 1.82) is 0 Å². The van der Waals surface area contributed by atoms with E-state index in [9.17, 15) is 18.0 Å². The maximum Gasteiger partial charge on any atom is 0.341 e. The molecular weight excluding hydrogens is 422 g/mol. The van der Waals surface area contributed by atoms with E-state index in [-0.39, 0.29) is 36.9 Å². The first kappa shape index (κ1) is 22.0. The van der Waals surface area contributed by atoms with Crippen molar-refractivity contribution < 1.29 is 22.7 Å². The number of thiophene rings is 1. The van der Waals surface area contributed by atoms with E-state index >= 15 is 0 Å². The second-order valence-electron chi connectivity index (χ2n) is 6.75. The molecule has 6 nitrogen and oxygen atoms in total. The first-order chi connectivity index (χ1) is 14.4. The van der Waals surface area contributed by atoms with Gasteiger partial charge in [-0.1, -0.05) is 48.5 Å². The Morgan fingerprint density at radius 3 is 2.47 bits per heavy atom. The topological polar surface area (TPSA) is 89.5 Å². The summed E-state index contributed by atoms with van der Waals surface area (Å²) in [5.74, 6) is -0.941. The van der Waals surface area contributed by atoms with Gasteiger partial charge in [0.1, 0.15) is 10.6 Å². The number of hydrogen-bond acceptors (Lipinski definition) is 6. The molecular formula is C22H23NO5S2. The summed E-state index contributed by atoms with van der Waals surface area (Å²) in [6.07, 6.45) is 0.255. The van der Waals surface area contributed by atoms with Crippen LogP contribution in [-0.2, 0) is 25.1 Å². The van der Waals surface area contributed by atoms with Gasteiger partial charge in [0.05, 0.1) is 18.1 Å². The molecule has 30 heavy (non-hydrogen) atoms. The Labute approximate surface area is 179 Å². The lowest BCUT2D eigenvalue weighted by Crippen LogP contribution is -2.16. The fraction of sp³-hybridized carbons (Fsp3) is 0.273. The Morgan fingerprint density at radius 1 is 1.03 bits per heavy atom. The van der Waals surface area contributed by atoms with E-state index in [2.05, 4.69) is 5.32 Å². The number of sulfone groups is 1. The van der Waals surface area contributed by atoms with Crippen LogP contribution in [-0.4, -0.2) is 32.7 Å². The zero-order chi connectivity index (χ0) is 21.6. The Hall–Kier alpha value is -2.71. The predicted octanol–water partition coefficient (Wildman–Crippen LogP) is 4.41. The molecule has 1 aromatic heterocycles. The Bertz CT molecular complexity index is 1140. The molecule has 158 valence electrons. The summed E-state index contributed by atoms with van der Waals surface area (Å²) < 4.78 is 30.6. The van der Waals surface area contributed by atoms with Crippen LogP contribution in [0.15, 0.2) is 54.6 Å². The van der Waals surface area contributed by atoms with Crippen LogP contribution in [0.2, 0.25) is 0 Å². The smallest absolute Gasteiger partial charge is 0.341 e. The lowest BCUT2D eigenvalue weighted by molar-refractivity contribution is -0.116. The quantitative estimate of drug-likeness (QED) is 0.493. The second kappa shape index (κ2) is 9.86. The Morgan fingerprint density at radius 2 is 1.73 bits per heavy atom. The molecule has 0 aliphatic rings. The van der Waals surface area contributed by atoms with Gasteiger partial charge in [-0.3, -0.25) is 4.79 Å². The molecule has 0 spiro atoms. The largest absolute Gasteiger partial charge is 0.462 e. The minimum Gasteiger partial charge on any atom is -0.462 e. The van der Waals surface area contributed by atoms with Crippen LogP contribution in [0.4, 0.5) is 5.00 Å². The van der Waals surface area contributed by atoms with Gasteiger partial charge in [-0.05, 0) is 25.0 Å². The van der Waals surface area contributed by atoms with Gasteiger partial charge in [0, 0.05) is 16.5 Å². The average molecular weight is 446 g/mol. The third-order valence-electron chi connectivity index (χ3n) is 4.42. The van der Waals surface area contributed by atoms with Gasteiger partial charge in [-0.25, -0.2) is 13.2 Å². The van der Waals surface area contributed by atoms with Gasteiger partial charge in [0.25, 0.3) is 0 Å². The number of carbonyl (C=O) groups excluding carboxylic acids is 2. The summed E-state index contributed by atoms with van der Waals surface area (Å²) in [4.78, 5) is 24.8. The predicted molar refractivity (Wildman–Crippen MR) is 120 cm³/mol. The van der Waals surface area contributed by atoms with E-state index in [1.165, 1.54) is 11.3 Å². The maximum absolute atomic E-state index is 12.4. The Kier molecular flexibility index (Phi) is 7.23. The van der Waals surface area contributed by atoms with E-state index in [1.807, 2.05) is 30.3 Å². The number of carbonyl (C=O) groups is 2. The molecule has 0 saturated heterocycles. The molecule has 0 radical (unpaired) electrons. The van der Waals surface area contributed by atoms with E-state index in [0.717, 1.165) is 15.6 Å². The van der Waals surface area contributed by atoms with Crippen molar-refractivity contribution in [3.8, 4) is 0 Å². The molecule has 0 unspecified atom stereocenters. The van der Waals surface area contributed by atoms with Gasteiger partial charge in [0.15, 0.2) is 9.84 Å². The van der Waals surface area contributed by atoms with Gasteiger partial charge in [-0.2, -0.15) is 0 Å². The van der Waals surface area contributed by atoms with E-state index < -0.39 is 15.8 Å². The van der Waals surface area contributed by atoms with Crippen molar-refractivity contribution in [3.63, 3.8) is 0 Å². The van der Waals surface area contributed by atoms with Crippen molar-refractivity contribution in [3.05, 3.63) is 65.7 Å². The Balaban J connectivity index is 1.63. The van der Waals surface area contributed by atoms with Crippen LogP contribution in [0, 0.1) is 0 Å². The molecule has 1 N–H and O–H groups in total. The number of amides is 1. The number of fused-ring (bicyclic) bond motifs is 1. The number of hydrogen-bond donors (Lipinski definition) is 1. The lowest BCUT2D eigenvalue weighted by Gasteiger charge is -2.07. The minimum absolute atomic E-state index is 0.0429. The van der Waals surface area contributed by atoms with Crippen LogP contribution in [0.3, 0.4) is 0 Å². The second-order valence-corrected chi connectivity index (χ2v) is 9.99. The monoisotopic (exact) mass is 445 g/mol. The summed E-state index contributed by atoms with van der Waals surface area (Å²) in [6, 6.07) is 16.3.